The third-order valence-corrected chi connectivity index (χ3v) is 6.85. The van der Waals surface area contributed by atoms with Gasteiger partial charge >= 0.3 is 0 Å². The molecule has 3 unspecified atom stereocenters. The molecule has 0 radical (unpaired) electrons. The van der Waals surface area contributed by atoms with Crippen molar-refractivity contribution in [2.24, 2.45) is 16.3 Å². The first kappa shape index (κ1) is 19.5. The van der Waals surface area contributed by atoms with Crippen LogP contribution in [0.1, 0.15) is 31.9 Å². The van der Waals surface area contributed by atoms with Crippen LogP contribution in [0, 0.1) is 11.3 Å². The summed E-state index contributed by atoms with van der Waals surface area (Å²) in [5.74, 6) is 2.60. The number of nitrogens with one attached hydrogen (secondary N) is 1. The van der Waals surface area contributed by atoms with E-state index in [1.165, 1.54) is 10.8 Å². The Morgan fingerprint density at radius 2 is 2.39 bits per heavy atom. The summed E-state index contributed by atoms with van der Waals surface area (Å²) in [6.07, 6.45) is 8.63. The van der Waals surface area contributed by atoms with Gasteiger partial charge in [-0.15, -0.1) is 11.8 Å². The first-order chi connectivity index (χ1) is 13.5. The summed E-state index contributed by atoms with van der Waals surface area (Å²) in [5.41, 5.74) is 1.71. The summed E-state index contributed by atoms with van der Waals surface area (Å²) >= 11 is 1.78. The molecule has 0 spiro atoms. The molecule has 6 nitrogen and oxygen atoms in total. The fourth-order valence-corrected chi connectivity index (χ4v) is 5.16. The highest BCUT2D eigenvalue weighted by Gasteiger charge is 2.42. The van der Waals surface area contributed by atoms with E-state index in [1.807, 2.05) is 0 Å². The Bertz CT molecular complexity index is 823. The Hall–Kier alpha value is -1.83. The maximum atomic E-state index is 10.2. The molecule has 3 N–H and O–H groups in total. The Morgan fingerprint density at radius 1 is 1.50 bits per heavy atom. The van der Waals surface area contributed by atoms with Crippen LogP contribution in [0.5, 0.6) is 5.75 Å². The maximum Gasteiger partial charge on any atom is 0.137 e. The van der Waals surface area contributed by atoms with Crippen LogP contribution < -0.4 is 5.32 Å². The molecule has 4 rings (SSSR count). The van der Waals surface area contributed by atoms with Crippen LogP contribution >= 0.6 is 11.8 Å². The minimum atomic E-state index is -0.761. The number of fused-ring (bicyclic) bond motifs is 1. The number of aliphatic imine (C=N–C) groups is 1. The van der Waals surface area contributed by atoms with Gasteiger partial charge in [-0.05, 0) is 43.5 Å². The van der Waals surface area contributed by atoms with Gasteiger partial charge in [0.2, 0.25) is 0 Å². The number of aromatic hydroxyl groups is 1. The minimum Gasteiger partial charge on any atom is -0.506 e. The van der Waals surface area contributed by atoms with E-state index in [4.69, 9.17) is 9.73 Å². The first-order valence-corrected chi connectivity index (χ1v) is 10.8. The van der Waals surface area contributed by atoms with Crippen LogP contribution in [0.25, 0.3) is 0 Å². The Balaban J connectivity index is 1.31. The first-order valence-electron chi connectivity index (χ1n) is 9.83. The number of allylic oxidation sites excluding steroid dienone is 2. The van der Waals surface area contributed by atoms with E-state index >= 15 is 0 Å². The van der Waals surface area contributed by atoms with Gasteiger partial charge in [-0.25, -0.2) is 4.99 Å². The molecule has 1 aromatic heterocycles. The smallest absolute Gasteiger partial charge is 0.137 e. The minimum absolute atomic E-state index is 0.163. The number of aromatic nitrogens is 1. The Morgan fingerprint density at radius 3 is 3.25 bits per heavy atom. The Labute approximate surface area is 169 Å². The zero-order chi connectivity index (χ0) is 19.6. The van der Waals surface area contributed by atoms with Crippen LogP contribution in [0.2, 0.25) is 0 Å². The number of ether oxygens (including phenoxy) is 1. The number of pyridine rings is 1. The maximum absolute atomic E-state index is 10.2. The van der Waals surface area contributed by atoms with Crippen molar-refractivity contribution in [1.29, 1.82) is 0 Å². The zero-order valence-corrected chi connectivity index (χ0v) is 16.9. The fraction of sp³-hybridized carbons (Fsp3) is 0.524. The predicted molar refractivity (Wildman–Crippen MR) is 111 cm³/mol. The molecule has 0 aromatic carbocycles. The van der Waals surface area contributed by atoms with Crippen molar-refractivity contribution < 1.29 is 14.9 Å². The number of nitrogens with zero attached hydrogens (tertiary/aromatic N) is 2. The van der Waals surface area contributed by atoms with Crippen LogP contribution in [0.3, 0.4) is 0 Å². The van der Waals surface area contributed by atoms with Gasteiger partial charge in [-0.3, -0.25) is 10.3 Å². The van der Waals surface area contributed by atoms with Gasteiger partial charge < -0.3 is 14.9 Å². The normalized spacial score (nSPS) is 29.2. The van der Waals surface area contributed by atoms with Crippen molar-refractivity contribution >= 4 is 16.8 Å². The number of hydrogen-bond acceptors (Lipinski definition) is 7. The molecule has 1 aromatic rings. The second kappa shape index (κ2) is 8.27. The molecule has 1 aliphatic carbocycles. The average Bonchev–Trinajstić information content (AvgIpc) is 3.28. The van der Waals surface area contributed by atoms with Gasteiger partial charge in [0, 0.05) is 36.2 Å². The molecule has 28 heavy (non-hydrogen) atoms. The number of rotatable bonds is 6. The molecule has 0 saturated carbocycles. The summed E-state index contributed by atoms with van der Waals surface area (Å²) in [7, 11) is 0. The highest BCUT2D eigenvalue weighted by Crippen LogP contribution is 2.49. The molecule has 3 aliphatic rings. The molecule has 3 heterocycles. The van der Waals surface area contributed by atoms with E-state index in [0.29, 0.717) is 24.6 Å². The largest absolute Gasteiger partial charge is 0.506 e. The van der Waals surface area contributed by atoms with Crippen LogP contribution in [0.15, 0.2) is 46.9 Å². The van der Waals surface area contributed by atoms with E-state index in [2.05, 4.69) is 23.3 Å². The quantitative estimate of drug-likeness (QED) is 0.635. The van der Waals surface area contributed by atoms with Crippen LogP contribution in [0.4, 0.5) is 0 Å². The molecule has 2 aliphatic heterocycles. The molecule has 0 amide bonds. The van der Waals surface area contributed by atoms with E-state index < -0.39 is 6.23 Å². The predicted octanol–water partition coefficient (Wildman–Crippen LogP) is 2.99. The summed E-state index contributed by atoms with van der Waals surface area (Å²) in [4.78, 5) is 8.94. The molecular formula is C21H27N3O3S. The Kier molecular flexibility index (Phi) is 5.75. The van der Waals surface area contributed by atoms with Crippen molar-refractivity contribution in [3.63, 3.8) is 0 Å². The lowest BCUT2D eigenvalue weighted by molar-refractivity contribution is 0.184. The fourth-order valence-electron chi connectivity index (χ4n) is 4.11. The van der Waals surface area contributed by atoms with Crippen molar-refractivity contribution in [3.05, 3.63) is 47.6 Å². The lowest BCUT2D eigenvalue weighted by Crippen LogP contribution is -2.29. The second-order valence-corrected chi connectivity index (χ2v) is 8.87. The lowest BCUT2D eigenvalue weighted by atomic mass is 9.73. The van der Waals surface area contributed by atoms with E-state index in [1.54, 1.807) is 36.2 Å². The molecule has 3 atom stereocenters. The number of hydrogen-bond donors (Lipinski definition) is 3. The van der Waals surface area contributed by atoms with Gasteiger partial charge in [-0.1, -0.05) is 6.92 Å². The molecule has 7 heteroatoms. The SMILES string of the molecule is CC12CCOC1=CCC(C1=NC(=CC(O)NCCc3ncccc3O)CS1)C2. The molecule has 150 valence electrons. The van der Waals surface area contributed by atoms with Crippen LogP contribution in [-0.2, 0) is 11.2 Å². The van der Waals surface area contributed by atoms with E-state index in [0.717, 1.165) is 37.3 Å². The second-order valence-electron chi connectivity index (χ2n) is 7.88. The average molecular weight is 402 g/mol. The summed E-state index contributed by atoms with van der Waals surface area (Å²) < 4.78 is 5.76. The summed E-state index contributed by atoms with van der Waals surface area (Å²) in [6.45, 7) is 3.64. The standard InChI is InChI=1S/C21H27N3O3S/c1-21-7-10-27-18(21)5-4-14(12-21)20-24-15(13-28-20)11-19(26)23-9-6-16-17(25)3-2-8-22-16/h2-3,5,8,11,14,19,23,25-26H,4,6-7,9-10,12-13H2,1H3. The molecule has 0 bridgehead atoms. The van der Waals surface area contributed by atoms with Crippen molar-refractivity contribution in [1.82, 2.24) is 10.3 Å². The van der Waals surface area contributed by atoms with Crippen molar-refractivity contribution in [2.75, 3.05) is 18.9 Å². The third kappa shape index (κ3) is 4.26. The number of thioether (sulfide) groups is 1. The molecule has 1 fully saturated rings. The van der Waals surface area contributed by atoms with Crippen molar-refractivity contribution in [2.45, 2.75) is 38.8 Å². The molecule has 1 saturated heterocycles. The zero-order valence-electron chi connectivity index (χ0n) is 16.1. The van der Waals surface area contributed by atoms with Gasteiger partial charge in [-0.2, -0.15) is 0 Å². The van der Waals surface area contributed by atoms with Gasteiger partial charge in [0.05, 0.1) is 28.8 Å². The summed E-state index contributed by atoms with van der Waals surface area (Å²) in [6, 6.07) is 3.32. The number of aliphatic hydroxyl groups excluding tert-OH is 1. The van der Waals surface area contributed by atoms with E-state index in [9.17, 15) is 10.2 Å². The van der Waals surface area contributed by atoms with Crippen LogP contribution in [-0.4, -0.2) is 45.4 Å². The lowest BCUT2D eigenvalue weighted by Gasteiger charge is -2.32. The topological polar surface area (TPSA) is 87.0 Å². The summed E-state index contributed by atoms with van der Waals surface area (Å²) in [5, 5.41) is 24.2. The van der Waals surface area contributed by atoms with Gasteiger partial charge in [0.1, 0.15) is 12.0 Å². The third-order valence-electron chi connectivity index (χ3n) is 5.69. The number of aliphatic hydroxyl groups is 1. The highest BCUT2D eigenvalue weighted by molar-refractivity contribution is 8.14. The van der Waals surface area contributed by atoms with Gasteiger partial charge in [0.25, 0.3) is 0 Å². The van der Waals surface area contributed by atoms with Crippen molar-refractivity contribution in [3.8, 4) is 5.75 Å². The van der Waals surface area contributed by atoms with E-state index in [-0.39, 0.29) is 11.2 Å². The van der Waals surface area contributed by atoms with Gasteiger partial charge in [0.15, 0.2) is 0 Å². The monoisotopic (exact) mass is 401 g/mol. The highest BCUT2D eigenvalue weighted by atomic mass is 32.2. The molecular weight excluding hydrogens is 374 g/mol.